The molecule has 0 bridgehead atoms. The highest BCUT2D eigenvalue weighted by Gasteiger charge is 2.17. The fraction of sp³-hybridized carbons (Fsp3) is 0.438. The summed E-state index contributed by atoms with van der Waals surface area (Å²) in [4.78, 5) is 14.5. The van der Waals surface area contributed by atoms with Crippen LogP contribution in [0.25, 0.3) is 11.0 Å². The molecule has 0 radical (unpaired) electrons. The van der Waals surface area contributed by atoms with Crippen molar-refractivity contribution >= 4 is 33.6 Å². The number of rotatable bonds is 2. The highest BCUT2D eigenvalue weighted by molar-refractivity contribution is 14.1. The van der Waals surface area contributed by atoms with E-state index in [0.717, 1.165) is 34.9 Å². The molecule has 0 unspecified atom stereocenters. The molecular formula is C16H18INO2. The molecule has 0 atom stereocenters. The Kier molecular flexibility index (Phi) is 4.12. The molecule has 0 N–H and O–H groups in total. The first-order valence-electron chi connectivity index (χ1n) is 7.06. The van der Waals surface area contributed by atoms with Gasteiger partial charge in [-0.25, -0.2) is 0 Å². The summed E-state index contributed by atoms with van der Waals surface area (Å²) in [5.74, 6) is 1.59. The van der Waals surface area contributed by atoms with E-state index in [4.69, 9.17) is 4.42 Å². The average Bonchev–Trinajstić information content (AvgIpc) is 2.42. The number of nitrogens with zero attached hydrogens (tertiary/aromatic N) is 1. The minimum Gasteiger partial charge on any atom is -0.459 e. The lowest BCUT2D eigenvalue weighted by Gasteiger charge is -2.29. The SMILES string of the molecule is CC1CCN(Cc2cc(=O)c3cc(I)ccc3o2)CC1. The maximum atomic E-state index is 12.2. The summed E-state index contributed by atoms with van der Waals surface area (Å²) in [6, 6.07) is 7.39. The van der Waals surface area contributed by atoms with E-state index < -0.39 is 0 Å². The number of halogens is 1. The fourth-order valence-electron chi connectivity index (χ4n) is 2.70. The van der Waals surface area contributed by atoms with Crippen molar-refractivity contribution in [2.75, 3.05) is 13.1 Å². The molecule has 2 aromatic rings. The molecule has 1 aromatic heterocycles. The van der Waals surface area contributed by atoms with Gasteiger partial charge in [0.05, 0.1) is 11.9 Å². The van der Waals surface area contributed by atoms with Crippen molar-refractivity contribution in [3.63, 3.8) is 0 Å². The Labute approximate surface area is 132 Å². The Morgan fingerprint density at radius 1 is 1.30 bits per heavy atom. The van der Waals surface area contributed by atoms with E-state index in [1.807, 2.05) is 18.2 Å². The molecule has 1 fully saturated rings. The second-order valence-electron chi connectivity index (χ2n) is 5.68. The first-order valence-corrected chi connectivity index (χ1v) is 8.14. The lowest BCUT2D eigenvalue weighted by molar-refractivity contribution is 0.174. The molecule has 0 amide bonds. The van der Waals surface area contributed by atoms with Crippen LogP contribution in [-0.2, 0) is 6.54 Å². The third-order valence-electron chi connectivity index (χ3n) is 4.00. The van der Waals surface area contributed by atoms with Gasteiger partial charge in [0.25, 0.3) is 0 Å². The standard InChI is InChI=1S/C16H18INO2/c1-11-4-6-18(7-5-11)10-13-9-15(19)14-8-12(17)2-3-16(14)20-13/h2-3,8-9,11H,4-7,10H2,1H3. The van der Waals surface area contributed by atoms with Crippen LogP contribution in [0, 0.1) is 9.49 Å². The number of benzene rings is 1. The van der Waals surface area contributed by atoms with E-state index in [9.17, 15) is 4.79 Å². The van der Waals surface area contributed by atoms with Crippen molar-refractivity contribution in [3.05, 3.63) is 43.8 Å². The number of likely N-dealkylation sites (tertiary alicyclic amines) is 1. The third-order valence-corrected chi connectivity index (χ3v) is 4.67. The van der Waals surface area contributed by atoms with E-state index in [1.54, 1.807) is 6.07 Å². The highest BCUT2D eigenvalue weighted by Crippen LogP contribution is 2.20. The summed E-state index contributed by atoms with van der Waals surface area (Å²) in [6.45, 7) is 5.23. The van der Waals surface area contributed by atoms with Gasteiger partial charge in [-0.05, 0) is 72.6 Å². The molecule has 2 heterocycles. The molecule has 1 aromatic carbocycles. The minimum atomic E-state index is 0.0603. The van der Waals surface area contributed by atoms with Crippen LogP contribution in [0.1, 0.15) is 25.5 Å². The molecule has 20 heavy (non-hydrogen) atoms. The molecular weight excluding hydrogens is 365 g/mol. The molecule has 106 valence electrons. The molecule has 1 saturated heterocycles. The number of piperidine rings is 1. The molecule has 0 aliphatic carbocycles. The Morgan fingerprint density at radius 3 is 2.80 bits per heavy atom. The summed E-state index contributed by atoms with van der Waals surface area (Å²) < 4.78 is 6.94. The highest BCUT2D eigenvalue weighted by atomic mass is 127. The first kappa shape index (κ1) is 14.1. The second-order valence-corrected chi connectivity index (χ2v) is 6.92. The van der Waals surface area contributed by atoms with Gasteiger partial charge in [-0.1, -0.05) is 6.92 Å². The van der Waals surface area contributed by atoms with Gasteiger partial charge in [0.2, 0.25) is 0 Å². The van der Waals surface area contributed by atoms with E-state index in [2.05, 4.69) is 34.4 Å². The van der Waals surface area contributed by atoms with Crippen molar-refractivity contribution < 1.29 is 4.42 Å². The summed E-state index contributed by atoms with van der Waals surface area (Å²) >= 11 is 2.21. The summed E-state index contributed by atoms with van der Waals surface area (Å²) in [5, 5.41) is 0.674. The number of hydrogen-bond donors (Lipinski definition) is 0. The lowest BCUT2D eigenvalue weighted by atomic mass is 9.99. The summed E-state index contributed by atoms with van der Waals surface area (Å²) in [6.07, 6.45) is 2.46. The zero-order chi connectivity index (χ0) is 14.1. The van der Waals surface area contributed by atoms with Crippen molar-refractivity contribution in [1.29, 1.82) is 0 Å². The summed E-state index contributed by atoms with van der Waals surface area (Å²) in [7, 11) is 0. The van der Waals surface area contributed by atoms with E-state index >= 15 is 0 Å². The zero-order valence-corrected chi connectivity index (χ0v) is 13.7. The van der Waals surface area contributed by atoms with Crippen LogP contribution in [0.5, 0.6) is 0 Å². The van der Waals surface area contributed by atoms with Gasteiger partial charge >= 0.3 is 0 Å². The maximum absolute atomic E-state index is 12.2. The second kappa shape index (κ2) is 5.85. The van der Waals surface area contributed by atoms with Crippen LogP contribution in [-0.4, -0.2) is 18.0 Å². The Morgan fingerprint density at radius 2 is 2.05 bits per heavy atom. The number of fused-ring (bicyclic) bond motifs is 1. The predicted molar refractivity (Wildman–Crippen MR) is 88.9 cm³/mol. The molecule has 0 saturated carbocycles. The van der Waals surface area contributed by atoms with Crippen molar-refractivity contribution in [2.24, 2.45) is 5.92 Å². The number of hydrogen-bond acceptors (Lipinski definition) is 3. The maximum Gasteiger partial charge on any atom is 0.193 e. The largest absolute Gasteiger partial charge is 0.459 e. The van der Waals surface area contributed by atoms with Crippen LogP contribution in [0.2, 0.25) is 0 Å². The Bertz CT molecular complexity index is 672. The van der Waals surface area contributed by atoms with E-state index in [0.29, 0.717) is 11.0 Å². The first-order chi connectivity index (χ1) is 9.61. The molecule has 0 spiro atoms. The van der Waals surface area contributed by atoms with Gasteiger partial charge in [0.15, 0.2) is 5.43 Å². The van der Waals surface area contributed by atoms with Gasteiger partial charge in [0.1, 0.15) is 11.3 Å². The van der Waals surface area contributed by atoms with E-state index in [1.165, 1.54) is 12.8 Å². The molecule has 1 aliphatic heterocycles. The average molecular weight is 383 g/mol. The molecule has 4 heteroatoms. The smallest absolute Gasteiger partial charge is 0.193 e. The molecule has 3 nitrogen and oxygen atoms in total. The van der Waals surface area contributed by atoms with Crippen LogP contribution in [0.15, 0.2) is 33.5 Å². The van der Waals surface area contributed by atoms with Crippen LogP contribution in [0.4, 0.5) is 0 Å². The van der Waals surface area contributed by atoms with Gasteiger partial charge in [-0.2, -0.15) is 0 Å². The van der Waals surface area contributed by atoms with Gasteiger partial charge in [-0.3, -0.25) is 9.69 Å². The summed E-state index contributed by atoms with van der Waals surface area (Å²) in [5.41, 5.74) is 0.753. The van der Waals surface area contributed by atoms with Crippen molar-refractivity contribution in [1.82, 2.24) is 4.90 Å². The van der Waals surface area contributed by atoms with Gasteiger partial charge in [-0.15, -0.1) is 0 Å². The quantitative estimate of drug-likeness (QED) is 0.743. The molecule has 3 rings (SSSR count). The Balaban J connectivity index is 1.85. The van der Waals surface area contributed by atoms with Crippen LogP contribution >= 0.6 is 22.6 Å². The molecule has 1 aliphatic rings. The van der Waals surface area contributed by atoms with Gasteiger partial charge < -0.3 is 4.42 Å². The Hall–Kier alpha value is -0.880. The van der Waals surface area contributed by atoms with Crippen LogP contribution < -0.4 is 5.43 Å². The lowest BCUT2D eigenvalue weighted by Crippen LogP contribution is -2.32. The van der Waals surface area contributed by atoms with Gasteiger partial charge in [0, 0.05) is 9.64 Å². The normalized spacial score (nSPS) is 17.7. The zero-order valence-electron chi connectivity index (χ0n) is 11.6. The van der Waals surface area contributed by atoms with Crippen molar-refractivity contribution in [3.8, 4) is 0 Å². The van der Waals surface area contributed by atoms with Crippen molar-refractivity contribution in [2.45, 2.75) is 26.3 Å². The van der Waals surface area contributed by atoms with Crippen LogP contribution in [0.3, 0.4) is 0 Å². The topological polar surface area (TPSA) is 33.5 Å². The monoisotopic (exact) mass is 383 g/mol. The van der Waals surface area contributed by atoms with E-state index in [-0.39, 0.29) is 5.43 Å². The predicted octanol–water partition coefficient (Wildman–Crippen LogP) is 3.63. The third kappa shape index (κ3) is 3.06. The fourth-order valence-corrected chi connectivity index (χ4v) is 3.19. The minimum absolute atomic E-state index is 0.0603.